The number of anilines is 1. The van der Waals surface area contributed by atoms with Crippen LogP contribution in [0.25, 0.3) is 0 Å². The van der Waals surface area contributed by atoms with Crippen LogP contribution in [0.2, 0.25) is 0 Å². The van der Waals surface area contributed by atoms with E-state index in [0.717, 1.165) is 5.56 Å². The lowest BCUT2D eigenvalue weighted by molar-refractivity contribution is -0.126. The van der Waals surface area contributed by atoms with Crippen molar-refractivity contribution in [1.82, 2.24) is 24.4 Å². The fourth-order valence-corrected chi connectivity index (χ4v) is 5.28. The molecule has 3 aromatic rings. The lowest BCUT2D eigenvalue weighted by atomic mass is 9.97. The highest BCUT2D eigenvalue weighted by Gasteiger charge is 2.32. The van der Waals surface area contributed by atoms with Crippen molar-refractivity contribution < 1.29 is 18.0 Å². The first-order chi connectivity index (χ1) is 16.4. The van der Waals surface area contributed by atoms with Gasteiger partial charge in [-0.2, -0.15) is 9.40 Å². The summed E-state index contributed by atoms with van der Waals surface area (Å²) in [6.07, 6.45) is 7.09. The van der Waals surface area contributed by atoms with Gasteiger partial charge in [0.25, 0.3) is 0 Å². The van der Waals surface area contributed by atoms with Crippen LogP contribution in [0, 0.1) is 5.92 Å². The summed E-state index contributed by atoms with van der Waals surface area (Å²) in [4.78, 5) is 28.9. The monoisotopic (exact) mass is 482 g/mol. The van der Waals surface area contributed by atoms with Crippen molar-refractivity contribution in [2.45, 2.75) is 30.8 Å². The third kappa shape index (κ3) is 5.86. The van der Waals surface area contributed by atoms with E-state index in [0.29, 0.717) is 25.1 Å². The maximum Gasteiger partial charge on any atom is 0.246 e. The van der Waals surface area contributed by atoms with Crippen molar-refractivity contribution >= 4 is 27.5 Å². The third-order valence-electron chi connectivity index (χ3n) is 5.64. The van der Waals surface area contributed by atoms with Crippen molar-refractivity contribution in [3.05, 3.63) is 72.8 Å². The minimum absolute atomic E-state index is 0.105. The van der Waals surface area contributed by atoms with E-state index in [2.05, 4.69) is 20.7 Å². The third-order valence-corrected chi connectivity index (χ3v) is 7.52. The predicted molar refractivity (Wildman–Crippen MR) is 125 cm³/mol. The van der Waals surface area contributed by atoms with Gasteiger partial charge in [-0.25, -0.2) is 8.42 Å². The first-order valence-electron chi connectivity index (χ1n) is 11.0. The summed E-state index contributed by atoms with van der Waals surface area (Å²) in [6, 6.07) is 12.1. The number of nitrogens with one attached hydrogen (secondary N) is 2. The molecule has 0 atom stereocenters. The molecule has 10 nitrogen and oxygen atoms in total. The van der Waals surface area contributed by atoms with Crippen LogP contribution >= 0.6 is 0 Å². The van der Waals surface area contributed by atoms with Gasteiger partial charge in [-0.05, 0) is 48.7 Å². The Labute approximate surface area is 198 Å². The second-order valence-corrected chi connectivity index (χ2v) is 9.98. The number of carbonyl (C=O) groups is 2. The highest BCUT2D eigenvalue weighted by Crippen LogP contribution is 2.23. The summed E-state index contributed by atoms with van der Waals surface area (Å²) < 4.78 is 28.4. The smallest absolute Gasteiger partial charge is 0.246 e. The molecule has 4 rings (SSSR count). The number of aromatic nitrogens is 3. The number of hydrogen-bond acceptors (Lipinski definition) is 6. The molecule has 0 saturated carbocycles. The Morgan fingerprint density at radius 2 is 1.88 bits per heavy atom. The van der Waals surface area contributed by atoms with E-state index in [1.807, 2.05) is 18.2 Å². The van der Waals surface area contributed by atoms with E-state index in [9.17, 15) is 18.0 Å². The molecule has 2 N–H and O–H groups in total. The molecule has 1 saturated heterocycles. The van der Waals surface area contributed by atoms with Crippen LogP contribution in [0.1, 0.15) is 18.4 Å². The molecular formula is C23H26N6O4S. The summed E-state index contributed by atoms with van der Waals surface area (Å²) >= 11 is 0. The maximum absolute atomic E-state index is 12.7. The first kappa shape index (κ1) is 23.6. The summed E-state index contributed by atoms with van der Waals surface area (Å²) in [5.74, 6) is -0.554. The van der Waals surface area contributed by atoms with E-state index >= 15 is 0 Å². The summed E-state index contributed by atoms with van der Waals surface area (Å²) in [5.41, 5.74) is 1.49. The fourth-order valence-electron chi connectivity index (χ4n) is 3.84. The molecule has 0 aliphatic carbocycles. The number of pyridine rings is 1. The summed E-state index contributed by atoms with van der Waals surface area (Å²) in [7, 11) is -3.60. The molecule has 1 aliphatic heterocycles. The number of benzene rings is 1. The van der Waals surface area contributed by atoms with Crippen molar-refractivity contribution in [1.29, 1.82) is 0 Å². The van der Waals surface area contributed by atoms with Crippen LogP contribution in [-0.2, 0) is 32.7 Å². The quantitative estimate of drug-likeness (QED) is 0.503. The SMILES string of the molecule is O=C(Cn1cccn1)Nc1cccc(CNC(=O)C2CCN(S(=O)(=O)c3cccnc3)CC2)c1. The van der Waals surface area contributed by atoms with Gasteiger partial charge in [0.2, 0.25) is 21.8 Å². The number of sulfonamides is 1. The molecule has 3 heterocycles. The second kappa shape index (κ2) is 10.6. The first-order valence-corrected chi connectivity index (χ1v) is 12.4. The Hall–Kier alpha value is -3.57. The van der Waals surface area contributed by atoms with Crippen molar-refractivity contribution in [2.24, 2.45) is 5.92 Å². The van der Waals surface area contributed by atoms with Crippen LogP contribution in [0.5, 0.6) is 0 Å². The number of piperidine rings is 1. The Morgan fingerprint density at radius 3 is 2.59 bits per heavy atom. The van der Waals surface area contributed by atoms with E-state index in [1.54, 1.807) is 30.6 Å². The van der Waals surface area contributed by atoms with E-state index in [1.165, 1.54) is 27.4 Å². The Kier molecular flexibility index (Phi) is 7.33. The van der Waals surface area contributed by atoms with Crippen molar-refractivity contribution in [3.63, 3.8) is 0 Å². The molecule has 0 radical (unpaired) electrons. The predicted octanol–water partition coefficient (Wildman–Crippen LogP) is 1.63. The van der Waals surface area contributed by atoms with Crippen LogP contribution < -0.4 is 10.6 Å². The summed E-state index contributed by atoms with van der Waals surface area (Å²) in [5, 5.41) is 9.76. The van der Waals surface area contributed by atoms with E-state index in [-0.39, 0.29) is 42.3 Å². The lowest BCUT2D eigenvalue weighted by Gasteiger charge is -2.30. The van der Waals surface area contributed by atoms with Crippen LogP contribution in [0.3, 0.4) is 0 Å². The van der Waals surface area contributed by atoms with Gasteiger partial charge >= 0.3 is 0 Å². The lowest BCUT2D eigenvalue weighted by Crippen LogP contribution is -2.42. The van der Waals surface area contributed by atoms with Crippen LogP contribution in [-0.4, -0.2) is 52.4 Å². The van der Waals surface area contributed by atoms with Crippen molar-refractivity contribution in [2.75, 3.05) is 18.4 Å². The molecule has 1 aromatic carbocycles. The van der Waals surface area contributed by atoms with Gasteiger partial charge in [0.15, 0.2) is 0 Å². The zero-order valence-corrected chi connectivity index (χ0v) is 19.3. The largest absolute Gasteiger partial charge is 0.352 e. The van der Waals surface area contributed by atoms with E-state index in [4.69, 9.17) is 0 Å². The molecule has 2 aromatic heterocycles. The van der Waals surface area contributed by atoms with Gasteiger partial charge in [-0.1, -0.05) is 12.1 Å². The van der Waals surface area contributed by atoms with Gasteiger partial charge in [0.05, 0.1) is 0 Å². The van der Waals surface area contributed by atoms with Gasteiger partial charge < -0.3 is 10.6 Å². The van der Waals surface area contributed by atoms with Crippen LogP contribution in [0.15, 0.2) is 72.1 Å². The highest BCUT2D eigenvalue weighted by molar-refractivity contribution is 7.89. The maximum atomic E-state index is 12.7. The minimum Gasteiger partial charge on any atom is -0.352 e. The van der Waals surface area contributed by atoms with Gasteiger partial charge in [-0.15, -0.1) is 0 Å². The molecule has 34 heavy (non-hydrogen) atoms. The number of hydrogen-bond donors (Lipinski definition) is 2. The normalized spacial score (nSPS) is 15.1. The number of carbonyl (C=O) groups excluding carboxylic acids is 2. The average molecular weight is 483 g/mol. The van der Waals surface area contributed by atoms with Gasteiger partial charge in [0.1, 0.15) is 11.4 Å². The summed E-state index contributed by atoms with van der Waals surface area (Å²) in [6.45, 7) is 0.999. The molecule has 0 spiro atoms. The molecule has 1 aliphatic rings. The Bertz CT molecular complexity index is 1220. The molecule has 178 valence electrons. The minimum atomic E-state index is -3.60. The average Bonchev–Trinajstić information content (AvgIpc) is 3.36. The zero-order chi connectivity index (χ0) is 24.0. The molecule has 0 unspecified atom stereocenters. The molecule has 11 heteroatoms. The molecule has 2 amide bonds. The number of rotatable bonds is 8. The zero-order valence-electron chi connectivity index (χ0n) is 18.5. The van der Waals surface area contributed by atoms with Gasteiger partial charge in [-0.3, -0.25) is 19.3 Å². The molecule has 1 fully saturated rings. The highest BCUT2D eigenvalue weighted by atomic mass is 32.2. The Morgan fingerprint density at radius 1 is 1.06 bits per heavy atom. The van der Waals surface area contributed by atoms with Gasteiger partial charge in [0, 0.05) is 56.0 Å². The van der Waals surface area contributed by atoms with Crippen molar-refractivity contribution in [3.8, 4) is 0 Å². The number of nitrogens with zero attached hydrogens (tertiary/aromatic N) is 4. The molecule has 0 bridgehead atoms. The van der Waals surface area contributed by atoms with E-state index < -0.39 is 10.0 Å². The number of amides is 2. The second-order valence-electron chi connectivity index (χ2n) is 8.04. The fraction of sp³-hybridized carbons (Fsp3) is 0.304. The topological polar surface area (TPSA) is 126 Å². The standard InChI is InChI=1S/C23H26N6O4S/c30-22(17-28-11-3-10-26-28)27-20-5-1-4-18(14-20)15-25-23(31)19-7-12-29(13-8-19)34(32,33)21-6-2-9-24-16-21/h1-6,9-11,14,16,19H,7-8,12-13,15,17H2,(H,25,31)(H,27,30). The van der Waals surface area contributed by atoms with Crippen LogP contribution in [0.4, 0.5) is 5.69 Å². The Balaban J connectivity index is 1.26. The molecular weight excluding hydrogens is 456 g/mol.